The number of rotatable bonds is 7. The summed E-state index contributed by atoms with van der Waals surface area (Å²) in [4.78, 5) is 7.25. The van der Waals surface area contributed by atoms with E-state index in [0.29, 0.717) is 5.92 Å². The van der Waals surface area contributed by atoms with Gasteiger partial charge in [0.15, 0.2) is 0 Å². The van der Waals surface area contributed by atoms with E-state index in [1.54, 1.807) is 0 Å². The minimum absolute atomic E-state index is 0.0525. The van der Waals surface area contributed by atoms with Crippen LogP contribution in [0, 0.1) is 5.41 Å². The first-order chi connectivity index (χ1) is 16.6. The Kier molecular flexibility index (Phi) is 7.26. The van der Waals surface area contributed by atoms with Gasteiger partial charge in [0.2, 0.25) is 0 Å². The molecule has 2 unspecified atom stereocenters. The first-order valence-electron chi connectivity index (χ1n) is 13.2. The van der Waals surface area contributed by atoms with Crippen LogP contribution in [-0.4, -0.2) is 24.9 Å². The van der Waals surface area contributed by atoms with Crippen LogP contribution in [0.3, 0.4) is 0 Å². The number of anilines is 1. The van der Waals surface area contributed by atoms with Crippen LogP contribution in [0.15, 0.2) is 71.8 Å². The van der Waals surface area contributed by atoms with E-state index in [9.17, 15) is 0 Å². The molecule has 35 heavy (non-hydrogen) atoms. The van der Waals surface area contributed by atoms with Gasteiger partial charge in [-0.15, -0.1) is 0 Å². The Balaban J connectivity index is 1.50. The van der Waals surface area contributed by atoms with Gasteiger partial charge in [0.25, 0.3) is 0 Å². The monoisotopic (exact) mass is 470 g/mol. The van der Waals surface area contributed by atoms with Gasteiger partial charge in [0, 0.05) is 30.3 Å². The third-order valence-corrected chi connectivity index (χ3v) is 7.68. The zero-order valence-electron chi connectivity index (χ0n) is 22.6. The normalized spacial score (nSPS) is 21.1. The van der Waals surface area contributed by atoms with E-state index < -0.39 is 0 Å². The molecule has 0 spiro atoms. The van der Waals surface area contributed by atoms with Crippen molar-refractivity contribution in [3.63, 3.8) is 0 Å². The Labute approximate surface area is 212 Å². The number of nitrogens with zero attached hydrogens (tertiary/aromatic N) is 2. The molecule has 3 nitrogen and oxygen atoms in total. The van der Waals surface area contributed by atoms with Gasteiger partial charge in [0.05, 0.1) is 11.4 Å². The smallest absolute Gasteiger partial charge is 0.125 e. The van der Waals surface area contributed by atoms with E-state index in [1.807, 2.05) is 0 Å². The predicted molar refractivity (Wildman–Crippen MR) is 151 cm³/mol. The number of allylic oxidation sites excluding steroid dienone is 4. The molecule has 0 N–H and O–H groups in total. The zero-order valence-corrected chi connectivity index (χ0v) is 22.6. The summed E-state index contributed by atoms with van der Waals surface area (Å²) in [5.41, 5.74) is 6.16. The highest BCUT2D eigenvalue weighted by molar-refractivity contribution is 6.08. The van der Waals surface area contributed by atoms with Gasteiger partial charge in [-0.25, -0.2) is 0 Å². The number of para-hydroxylation sites is 1. The molecule has 2 aromatic carbocycles. The van der Waals surface area contributed by atoms with Crippen LogP contribution in [0.1, 0.15) is 78.4 Å². The molecule has 0 aliphatic carbocycles. The Morgan fingerprint density at radius 2 is 1.80 bits per heavy atom. The molecule has 0 amide bonds. The van der Waals surface area contributed by atoms with Gasteiger partial charge >= 0.3 is 0 Å². The Bertz CT molecular complexity index is 1130. The second kappa shape index (κ2) is 10.0. The SMILES string of the molecule is CCN(CC)c1ccc2c(c1)OC(C(C)(C)C)CC2C/C=C/C=C/C1=Nc2ccccc2C1(C)C. The fourth-order valence-corrected chi connectivity index (χ4v) is 5.31. The minimum Gasteiger partial charge on any atom is -0.489 e. The van der Waals surface area contributed by atoms with Crippen LogP contribution in [-0.2, 0) is 5.41 Å². The maximum absolute atomic E-state index is 6.57. The summed E-state index contributed by atoms with van der Waals surface area (Å²) < 4.78 is 6.57. The lowest BCUT2D eigenvalue weighted by molar-refractivity contribution is 0.0577. The van der Waals surface area contributed by atoms with Crippen molar-refractivity contribution in [3.8, 4) is 5.75 Å². The highest BCUT2D eigenvalue weighted by atomic mass is 16.5. The van der Waals surface area contributed by atoms with Gasteiger partial charge in [0.1, 0.15) is 11.9 Å². The molecule has 2 atom stereocenters. The Hall–Kier alpha value is -2.81. The molecule has 0 aromatic heterocycles. The molecule has 0 radical (unpaired) electrons. The highest BCUT2D eigenvalue weighted by Gasteiger charge is 2.35. The quantitative estimate of drug-likeness (QED) is 0.380. The number of fused-ring (bicyclic) bond motifs is 2. The average Bonchev–Trinajstić information content (AvgIpc) is 3.08. The van der Waals surface area contributed by atoms with Crippen molar-refractivity contribution in [1.29, 1.82) is 0 Å². The predicted octanol–water partition coefficient (Wildman–Crippen LogP) is 8.38. The first-order valence-corrected chi connectivity index (χ1v) is 13.2. The number of ether oxygens (including phenoxy) is 1. The average molecular weight is 471 g/mol. The van der Waals surface area contributed by atoms with Crippen molar-refractivity contribution in [2.24, 2.45) is 10.4 Å². The standard InChI is InChI=1S/C32H42N2O/c1-8-34(9-2)24-19-20-25-23(21-30(31(3,4)5)35-28(25)22-24)15-11-10-12-18-29-32(6,7)26-16-13-14-17-27(26)33-29/h10-14,16-20,22-23,30H,8-9,15,21H2,1-7H3/b11-10+,18-12+. The Morgan fingerprint density at radius 1 is 1.06 bits per heavy atom. The number of benzene rings is 2. The van der Waals surface area contributed by atoms with E-state index in [-0.39, 0.29) is 16.9 Å². The summed E-state index contributed by atoms with van der Waals surface area (Å²) >= 11 is 0. The van der Waals surface area contributed by atoms with E-state index in [2.05, 4.69) is 120 Å². The van der Waals surface area contributed by atoms with Gasteiger partial charge in [-0.05, 0) is 67.4 Å². The fraction of sp³-hybridized carbons (Fsp3) is 0.469. The van der Waals surface area contributed by atoms with Crippen molar-refractivity contribution in [1.82, 2.24) is 0 Å². The molecule has 4 rings (SSSR count). The van der Waals surface area contributed by atoms with E-state index in [4.69, 9.17) is 9.73 Å². The maximum atomic E-state index is 6.57. The largest absolute Gasteiger partial charge is 0.489 e. The maximum Gasteiger partial charge on any atom is 0.125 e. The Morgan fingerprint density at radius 3 is 2.49 bits per heavy atom. The molecule has 3 heteroatoms. The second-order valence-electron chi connectivity index (χ2n) is 11.5. The van der Waals surface area contributed by atoms with E-state index >= 15 is 0 Å². The van der Waals surface area contributed by atoms with Crippen LogP contribution in [0.5, 0.6) is 5.75 Å². The molecule has 2 aliphatic rings. The molecule has 186 valence electrons. The molecular weight excluding hydrogens is 428 g/mol. The van der Waals surface area contributed by atoms with Crippen molar-refractivity contribution >= 4 is 17.1 Å². The molecule has 2 aromatic rings. The number of aliphatic imine (C=N–C) groups is 1. The van der Waals surface area contributed by atoms with Crippen LogP contribution in [0.25, 0.3) is 0 Å². The summed E-state index contributed by atoms with van der Waals surface area (Å²) in [5.74, 6) is 1.53. The van der Waals surface area contributed by atoms with E-state index in [0.717, 1.165) is 43.1 Å². The molecular formula is C32H42N2O. The molecule has 0 saturated carbocycles. The summed E-state index contributed by atoms with van der Waals surface area (Å²) in [7, 11) is 0. The summed E-state index contributed by atoms with van der Waals surface area (Å²) in [5, 5.41) is 0. The number of hydrogen-bond acceptors (Lipinski definition) is 3. The third kappa shape index (κ3) is 5.24. The topological polar surface area (TPSA) is 24.8 Å². The van der Waals surface area contributed by atoms with Crippen LogP contribution < -0.4 is 9.64 Å². The van der Waals surface area contributed by atoms with Crippen molar-refractivity contribution in [2.75, 3.05) is 18.0 Å². The van der Waals surface area contributed by atoms with Crippen molar-refractivity contribution in [3.05, 3.63) is 77.9 Å². The van der Waals surface area contributed by atoms with Gasteiger partial charge < -0.3 is 9.64 Å². The zero-order chi connectivity index (χ0) is 25.2. The van der Waals surface area contributed by atoms with Crippen LogP contribution in [0.4, 0.5) is 11.4 Å². The van der Waals surface area contributed by atoms with Gasteiger partial charge in [-0.3, -0.25) is 4.99 Å². The summed E-state index contributed by atoms with van der Waals surface area (Å²) in [6.45, 7) is 17.8. The lowest BCUT2D eigenvalue weighted by Gasteiger charge is -2.39. The van der Waals surface area contributed by atoms with Gasteiger partial charge in [-0.2, -0.15) is 0 Å². The molecule has 2 heterocycles. The molecule has 0 fully saturated rings. The fourth-order valence-electron chi connectivity index (χ4n) is 5.31. The first kappa shape index (κ1) is 25.3. The van der Waals surface area contributed by atoms with Crippen molar-refractivity contribution in [2.45, 2.75) is 78.7 Å². The van der Waals surface area contributed by atoms with Crippen LogP contribution >= 0.6 is 0 Å². The third-order valence-electron chi connectivity index (χ3n) is 7.68. The summed E-state index contributed by atoms with van der Waals surface area (Å²) in [6.07, 6.45) is 11.1. The lowest BCUT2D eigenvalue weighted by atomic mass is 9.78. The molecule has 0 bridgehead atoms. The highest BCUT2D eigenvalue weighted by Crippen LogP contribution is 2.44. The van der Waals surface area contributed by atoms with E-state index in [1.165, 1.54) is 16.8 Å². The number of hydrogen-bond donors (Lipinski definition) is 0. The summed E-state index contributed by atoms with van der Waals surface area (Å²) in [6, 6.07) is 15.3. The van der Waals surface area contributed by atoms with Crippen LogP contribution in [0.2, 0.25) is 0 Å². The van der Waals surface area contributed by atoms with Crippen molar-refractivity contribution < 1.29 is 4.74 Å². The van der Waals surface area contributed by atoms with Gasteiger partial charge in [-0.1, -0.05) is 77.1 Å². The second-order valence-corrected chi connectivity index (χ2v) is 11.5. The molecule has 0 saturated heterocycles. The minimum atomic E-state index is -0.0525. The lowest BCUT2D eigenvalue weighted by Crippen LogP contribution is -2.37. The molecule has 2 aliphatic heterocycles.